The number of nitrogens with zero attached hydrogens (tertiary/aromatic N) is 2. The lowest BCUT2D eigenvalue weighted by Crippen LogP contribution is -2.29. The Labute approximate surface area is 146 Å². The number of anilines is 1. The highest BCUT2D eigenvalue weighted by atomic mass is 32.1. The van der Waals surface area contributed by atoms with Gasteiger partial charge in [-0.25, -0.2) is 4.98 Å². The quantitative estimate of drug-likeness (QED) is 0.820. The Morgan fingerprint density at radius 1 is 1.54 bits per heavy atom. The van der Waals surface area contributed by atoms with Crippen molar-refractivity contribution in [3.8, 4) is 5.75 Å². The normalized spacial score (nSPS) is 17.4. The van der Waals surface area contributed by atoms with E-state index in [1.165, 1.54) is 17.0 Å². The zero-order valence-electron chi connectivity index (χ0n) is 13.6. The predicted octanol–water partition coefficient (Wildman–Crippen LogP) is 2.81. The van der Waals surface area contributed by atoms with Crippen molar-refractivity contribution in [3.05, 3.63) is 46.9 Å². The molecule has 1 atom stereocenters. The van der Waals surface area contributed by atoms with Gasteiger partial charge in [0.2, 0.25) is 5.91 Å². The summed E-state index contributed by atoms with van der Waals surface area (Å²) in [6, 6.07) is 8.11. The van der Waals surface area contributed by atoms with Crippen molar-refractivity contribution >= 4 is 29.0 Å². The number of hydrogen-bond acceptors (Lipinski definition) is 5. The van der Waals surface area contributed by atoms with E-state index in [0.717, 1.165) is 30.3 Å². The fraction of sp³-hybridized carbons (Fsp3) is 0.333. The molecule has 6 heteroatoms. The molecular formula is C18H21N3O2S. The number of methoxy groups -OCH3 is 1. The van der Waals surface area contributed by atoms with Crippen LogP contribution in [0, 0.1) is 5.92 Å². The molecule has 3 rings (SSSR count). The van der Waals surface area contributed by atoms with Gasteiger partial charge in [0, 0.05) is 49.0 Å². The molecule has 2 aromatic rings. The Balaban J connectivity index is 1.46. The minimum Gasteiger partial charge on any atom is -0.497 e. The van der Waals surface area contributed by atoms with Crippen LogP contribution in [0.25, 0.3) is 6.08 Å². The molecule has 1 aliphatic heterocycles. The van der Waals surface area contributed by atoms with Crippen molar-refractivity contribution in [3.63, 3.8) is 0 Å². The third-order valence-electron chi connectivity index (χ3n) is 4.10. The van der Waals surface area contributed by atoms with Crippen LogP contribution in [0.15, 0.2) is 41.9 Å². The first-order valence-electron chi connectivity index (χ1n) is 7.99. The van der Waals surface area contributed by atoms with E-state index in [1.54, 1.807) is 25.5 Å². The summed E-state index contributed by atoms with van der Waals surface area (Å²) in [6.07, 6.45) is 6.10. The molecule has 126 valence electrons. The van der Waals surface area contributed by atoms with Crippen LogP contribution in [-0.2, 0) is 4.79 Å². The summed E-state index contributed by atoms with van der Waals surface area (Å²) in [5.41, 5.74) is 1.17. The number of rotatable bonds is 6. The summed E-state index contributed by atoms with van der Waals surface area (Å²) in [7, 11) is 1.68. The summed E-state index contributed by atoms with van der Waals surface area (Å²) in [4.78, 5) is 18.3. The van der Waals surface area contributed by atoms with Gasteiger partial charge in [0.15, 0.2) is 0 Å². The van der Waals surface area contributed by atoms with Crippen LogP contribution < -0.4 is 15.0 Å². The van der Waals surface area contributed by atoms with Crippen molar-refractivity contribution < 1.29 is 9.53 Å². The number of carbonyl (C=O) groups is 1. The average molecular weight is 343 g/mol. The minimum absolute atomic E-state index is 0.0648. The zero-order valence-corrected chi connectivity index (χ0v) is 14.5. The molecule has 1 aromatic heterocycles. The van der Waals surface area contributed by atoms with Crippen LogP contribution in [0.2, 0.25) is 0 Å². The lowest BCUT2D eigenvalue weighted by atomic mass is 10.1. The first kappa shape index (κ1) is 16.5. The van der Waals surface area contributed by atoms with E-state index < -0.39 is 0 Å². The van der Waals surface area contributed by atoms with E-state index >= 15 is 0 Å². The molecule has 1 amide bonds. The standard InChI is InChI=1S/C18H21N3O2S/c1-23-16-4-2-3-15(11-16)21-9-7-14(13-21)12-20-17(22)5-6-18-19-8-10-24-18/h2-6,8,10-11,14H,7,9,12-13H2,1H3,(H,20,22)/b6-5+. The number of ether oxygens (including phenoxy) is 1. The Kier molecular flexibility index (Phi) is 5.48. The van der Waals surface area contributed by atoms with E-state index in [9.17, 15) is 4.79 Å². The molecule has 5 nitrogen and oxygen atoms in total. The Bertz CT molecular complexity index is 700. The largest absolute Gasteiger partial charge is 0.497 e. The molecular weight excluding hydrogens is 322 g/mol. The molecule has 1 saturated heterocycles. The summed E-state index contributed by atoms with van der Waals surface area (Å²) in [6.45, 7) is 2.65. The Hall–Kier alpha value is -2.34. The van der Waals surface area contributed by atoms with Crippen molar-refractivity contribution in [2.24, 2.45) is 5.92 Å². The van der Waals surface area contributed by atoms with Crippen LogP contribution in [-0.4, -0.2) is 37.6 Å². The van der Waals surface area contributed by atoms with Crippen LogP contribution in [0.5, 0.6) is 5.75 Å². The second kappa shape index (κ2) is 7.97. The van der Waals surface area contributed by atoms with Crippen LogP contribution in [0.4, 0.5) is 5.69 Å². The molecule has 1 aliphatic rings. The van der Waals surface area contributed by atoms with E-state index in [-0.39, 0.29) is 5.91 Å². The first-order valence-corrected chi connectivity index (χ1v) is 8.87. The molecule has 1 fully saturated rings. The minimum atomic E-state index is -0.0648. The molecule has 1 aromatic carbocycles. The Morgan fingerprint density at radius 3 is 3.25 bits per heavy atom. The molecule has 1 N–H and O–H groups in total. The van der Waals surface area contributed by atoms with Crippen molar-refractivity contribution in [1.82, 2.24) is 10.3 Å². The third-order valence-corrected chi connectivity index (χ3v) is 4.84. The summed E-state index contributed by atoms with van der Waals surface area (Å²) in [5.74, 6) is 1.27. The van der Waals surface area contributed by atoms with Gasteiger partial charge < -0.3 is 15.0 Å². The highest BCUT2D eigenvalue weighted by Crippen LogP contribution is 2.26. The fourth-order valence-corrected chi connectivity index (χ4v) is 3.34. The van der Waals surface area contributed by atoms with Crippen LogP contribution in [0.3, 0.4) is 0 Å². The van der Waals surface area contributed by atoms with Crippen molar-refractivity contribution in [2.75, 3.05) is 31.6 Å². The summed E-state index contributed by atoms with van der Waals surface area (Å²) in [5, 5.41) is 5.72. The summed E-state index contributed by atoms with van der Waals surface area (Å²) < 4.78 is 5.28. The van der Waals surface area contributed by atoms with Gasteiger partial charge in [-0.3, -0.25) is 4.79 Å². The number of thiazole rings is 1. The third kappa shape index (κ3) is 4.35. The maximum Gasteiger partial charge on any atom is 0.244 e. The van der Waals surface area contributed by atoms with Gasteiger partial charge in [-0.05, 0) is 30.5 Å². The second-order valence-electron chi connectivity index (χ2n) is 5.75. The van der Waals surface area contributed by atoms with E-state index in [2.05, 4.69) is 27.3 Å². The maximum atomic E-state index is 11.9. The molecule has 1 unspecified atom stereocenters. The number of amides is 1. The van der Waals surface area contributed by atoms with Crippen LogP contribution in [0.1, 0.15) is 11.4 Å². The molecule has 24 heavy (non-hydrogen) atoms. The monoisotopic (exact) mass is 343 g/mol. The molecule has 0 spiro atoms. The lowest BCUT2D eigenvalue weighted by molar-refractivity contribution is -0.116. The molecule has 0 saturated carbocycles. The highest BCUT2D eigenvalue weighted by molar-refractivity contribution is 7.10. The molecule has 0 bridgehead atoms. The van der Waals surface area contributed by atoms with E-state index in [0.29, 0.717) is 12.5 Å². The lowest BCUT2D eigenvalue weighted by Gasteiger charge is -2.19. The Morgan fingerprint density at radius 2 is 2.46 bits per heavy atom. The van der Waals surface area contributed by atoms with E-state index in [1.807, 2.05) is 17.5 Å². The summed E-state index contributed by atoms with van der Waals surface area (Å²) >= 11 is 1.51. The van der Waals surface area contributed by atoms with Gasteiger partial charge in [-0.15, -0.1) is 11.3 Å². The van der Waals surface area contributed by atoms with Gasteiger partial charge in [-0.1, -0.05) is 6.07 Å². The number of aromatic nitrogens is 1. The molecule has 0 radical (unpaired) electrons. The van der Waals surface area contributed by atoms with Crippen LogP contribution >= 0.6 is 11.3 Å². The molecule has 2 heterocycles. The SMILES string of the molecule is COc1cccc(N2CCC(CNC(=O)/C=C/c3nccs3)C2)c1. The topological polar surface area (TPSA) is 54.5 Å². The second-order valence-corrected chi connectivity index (χ2v) is 6.68. The van der Waals surface area contributed by atoms with Gasteiger partial charge >= 0.3 is 0 Å². The van der Waals surface area contributed by atoms with Gasteiger partial charge in [0.05, 0.1) is 7.11 Å². The smallest absolute Gasteiger partial charge is 0.244 e. The van der Waals surface area contributed by atoms with Gasteiger partial charge in [0.1, 0.15) is 10.8 Å². The molecule has 0 aliphatic carbocycles. The van der Waals surface area contributed by atoms with E-state index in [4.69, 9.17) is 4.74 Å². The highest BCUT2D eigenvalue weighted by Gasteiger charge is 2.23. The zero-order chi connectivity index (χ0) is 16.8. The van der Waals surface area contributed by atoms with Crippen molar-refractivity contribution in [2.45, 2.75) is 6.42 Å². The first-order chi connectivity index (χ1) is 11.7. The fourth-order valence-electron chi connectivity index (χ4n) is 2.81. The average Bonchev–Trinajstić information content (AvgIpc) is 3.30. The number of hydrogen-bond donors (Lipinski definition) is 1. The van der Waals surface area contributed by atoms with Gasteiger partial charge in [0.25, 0.3) is 0 Å². The number of benzene rings is 1. The number of nitrogens with one attached hydrogen (secondary N) is 1. The van der Waals surface area contributed by atoms with Crippen molar-refractivity contribution in [1.29, 1.82) is 0 Å². The van der Waals surface area contributed by atoms with Gasteiger partial charge in [-0.2, -0.15) is 0 Å². The predicted molar refractivity (Wildman–Crippen MR) is 97.5 cm³/mol. The maximum absolute atomic E-state index is 11.9. The number of carbonyl (C=O) groups excluding carboxylic acids is 1.